The SMILES string of the molecule is CO[C@@H]1CCC(n2c(=O)n(C)c3cnc4ccc(-c5ccc(F)nc5)cc4c32)C1. The first-order valence-corrected chi connectivity index (χ1v) is 9.71. The van der Waals surface area contributed by atoms with E-state index in [-0.39, 0.29) is 17.8 Å². The predicted octanol–water partition coefficient (Wildman–Crippen LogP) is 3.83. The van der Waals surface area contributed by atoms with Gasteiger partial charge in [-0.2, -0.15) is 4.39 Å². The molecule has 0 N–H and O–H groups in total. The fourth-order valence-corrected chi connectivity index (χ4v) is 4.46. The zero-order valence-corrected chi connectivity index (χ0v) is 16.3. The topological polar surface area (TPSA) is 61.9 Å². The Bertz CT molecular complexity index is 1280. The third-order valence-electron chi connectivity index (χ3n) is 6.03. The lowest BCUT2D eigenvalue weighted by Crippen LogP contribution is -2.25. The minimum atomic E-state index is -0.510. The Kier molecular flexibility index (Phi) is 4.20. The summed E-state index contributed by atoms with van der Waals surface area (Å²) in [6.07, 6.45) is 6.12. The summed E-state index contributed by atoms with van der Waals surface area (Å²) in [4.78, 5) is 21.4. The van der Waals surface area contributed by atoms with Crippen LogP contribution in [0.4, 0.5) is 4.39 Å². The molecule has 2 atom stereocenters. The average Bonchev–Trinajstić information content (AvgIpc) is 3.31. The van der Waals surface area contributed by atoms with E-state index in [4.69, 9.17) is 4.74 Å². The van der Waals surface area contributed by atoms with Crippen molar-refractivity contribution in [1.82, 2.24) is 19.1 Å². The van der Waals surface area contributed by atoms with E-state index < -0.39 is 5.95 Å². The van der Waals surface area contributed by atoms with Crippen LogP contribution in [0.3, 0.4) is 0 Å². The molecule has 1 aliphatic carbocycles. The van der Waals surface area contributed by atoms with Gasteiger partial charge in [0.1, 0.15) is 0 Å². The lowest BCUT2D eigenvalue weighted by atomic mass is 10.0. The Morgan fingerprint density at radius 1 is 1.10 bits per heavy atom. The maximum absolute atomic E-state index is 13.2. The molecule has 5 rings (SSSR count). The summed E-state index contributed by atoms with van der Waals surface area (Å²) >= 11 is 0. The monoisotopic (exact) mass is 392 g/mol. The van der Waals surface area contributed by atoms with E-state index in [2.05, 4.69) is 9.97 Å². The number of imidazole rings is 1. The number of fused-ring (bicyclic) bond motifs is 3. The van der Waals surface area contributed by atoms with Crippen LogP contribution < -0.4 is 5.69 Å². The van der Waals surface area contributed by atoms with Crippen molar-refractivity contribution < 1.29 is 9.13 Å². The lowest BCUT2D eigenvalue weighted by molar-refractivity contribution is 0.106. The highest BCUT2D eigenvalue weighted by Crippen LogP contribution is 2.35. The van der Waals surface area contributed by atoms with Crippen molar-refractivity contribution in [3.8, 4) is 11.1 Å². The van der Waals surface area contributed by atoms with Crippen molar-refractivity contribution in [2.24, 2.45) is 7.05 Å². The molecule has 0 saturated heterocycles. The quantitative estimate of drug-likeness (QED) is 0.497. The van der Waals surface area contributed by atoms with Crippen molar-refractivity contribution in [3.05, 3.63) is 59.2 Å². The number of halogens is 1. The summed E-state index contributed by atoms with van der Waals surface area (Å²) in [6.45, 7) is 0. The molecule has 3 heterocycles. The van der Waals surface area contributed by atoms with Crippen LogP contribution in [-0.2, 0) is 11.8 Å². The van der Waals surface area contributed by atoms with Crippen molar-refractivity contribution >= 4 is 21.9 Å². The van der Waals surface area contributed by atoms with Crippen LogP contribution >= 0.6 is 0 Å². The van der Waals surface area contributed by atoms with Crippen LogP contribution in [0.2, 0.25) is 0 Å². The summed E-state index contributed by atoms with van der Waals surface area (Å²) in [7, 11) is 3.51. The largest absolute Gasteiger partial charge is 0.381 e. The number of methoxy groups -OCH3 is 1. The Morgan fingerprint density at radius 2 is 1.93 bits per heavy atom. The average molecular weight is 392 g/mol. The van der Waals surface area contributed by atoms with E-state index in [1.54, 1.807) is 31.0 Å². The first-order valence-electron chi connectivity index (χ1n) is 9.71. The number of aryl methyl sites for hydroxylation is 1. The summed E-state index contributed by atoms with van der Waals surface area (Å²) in [5.74, 6) is -0.510. The van der Waals surface area contributed by atoms with Gasteiger partial charge in [-0.25, -0.2) is 9.78 Å². The van der Waals surface area contributed by atoms with Crippen molar-refractivity contribution in [3.63, 3.8) is 0 Å². The minimum absolute atomic E-state index is 0.0371. The molecule has 0 amide bonds. The van der Waals surface area contributed by atoms with E-state index >= 15 is 0 Å². The molecule has 1 saturated carbocycles. The van der Waals surface area contributed by atoms with Crippen molar-refractivity contribution in [2.45, 2.75) is 31.4 Å². The van der Waals surface area contributed by atoms with Gasteiger partial charge in [-0.15, -0.1) is 0 Å². The number of hydrogen-bond acceptors (Lipinski definition) is 4. The normalized spacial score (nSPS) is 19.4. The first kappa shape index (κ1) is 18.0. The number of pyridine rings is 2. The number of benzene rings is 1. The van der Waals surface area contributed by atoms with E-state index in [1.165, 1.54) is 12.3 Å². The van der Waals surface area contributed by atoms with Crippen molar-refractivity contribution in [1.29, 1.82) is 0 Å². The summed E-state index contributed by atoms with van der Waals surface area (Å²) < 4.78 is 22.3. The molecule has 0 aliphatic heterocycles. The highest BCUT2D eigenvalue weighted by molar-refractivity contribution is 6.04. The number of ether oxygens (including phenoxy) is 1. The second-order valence-electron chi connectivity index (χ2n) is 7.63. The zero-order valence-electron chi connectivity index (χ0n) is 16.3. The molecule has 4 aromatic rings. The van der Waals surface area contributed by atoms with Gasteiger partial charge in [0.15, 0.2) is 0 Å². The standard InChI is InChI=1S/C22H21FN4O2/c1-26-19-12-24-18-7-3-13(14-4-8-20(23)25-11-14)9-17(18)21(19)27(22(26)28)15-5-6-16(10-15)29-2/h3-4,7-9,11-12,15-16H,5-6,10H2,1-2H3/t15?,16-/m1/s1. The van der Waals surface area contributed by atoms with Gasteiger partial charge in [0.25, 0.3) is 0 Å². The maximum atomic E-state index is 13.2. The Labute approximate surface area is 166 Å². The van der Waals surface area contributed by atoms with E-state index in [0.29, 0.717) is 0 Å². The van der Waals surface area contributed by atoms with Crippen molar-refractivity contribution in [2.75, 3.05) is 7.11 Å². The molecule has 29 heavy (non-hydrogen) atoms. The summed E-state index contributed by atoms with van der Waals surface area (Å²) in [5.41, 5.74) is 4.19. The second-order valence-corrected chi connectivity index (χ2v) is 7.63. The second kappa shape index (κ2) is 6.77. The number of aromatic nitrogens is 4. The Hall–Kier alpha value is -3.06. The zero-order chi connectivity index (χ0) is 20.1. The van der Waals surface area contributed by atoms with E-state index in [1.807, 2.05) is 22.8 Å². The Balaban J connectivity index is 1.76. The van der Waals surface area contributed by atoms with Crippen LogP contribution in [0.1, 0.15) is 25.3 Å². The van der Waals surface area contributed by atoms with Crippen LogP contribution in [-0.4, -0.2) is 32.3 Å². The molecular weight excluding hydrogens is 371 g/mol. The smallest absolute Gasteiger partial charge is 0.329 e. The third kappa shape index (κ3) is 2.84. The van der Waals surface area contributed by atoms with E-state index in [0.717, 1.165) is 52.3 Å². The summed E-state index contributed by atoms with van der Waals surface area (Å²) in [6, 6.07) is 9.03. The van der Waals surface area contributed by atoms with Gasteiger partial charge in [0.2, 0.25) is 5.95 Å². The van der Waals surface area contributed by atoms with Crippen LogP contribution in [0.5, 0.6) is 0 Å². The lowest BCUT2D eigenvalue weighted by Gasteiger charge is -2.14. The molecule has 0 bridgehead atoms. The molecule has 0 radical (unpaired) electrons. The molecule has 3 aromatic heterocycles. The Morgan fingerprint density at radius 3 is 2.66 bits per heavy atom. The van der Waals surface area contributed by atoms with Crippen LogP contribution in [0.25, 0.3) is 33.1 Å². The van der Waals surface area contributed by atoms with Gasteiger partial charge < -0.3 is 4.74 Å². The van der Waals surface area contributed by atoms with Crippen LogP contribution in [0, 0.1) is 5.95 Å². The number of nitrogens with zero attached hydrogens (tertiary/aromatic N) is 4. The molecule has 7 heteroatoms. The van der Waals surface area contributed by atoms with Gasteiger partial charge in [-0.1, -0.05) is 6.07 Å². The third-order valence-corrected chi connectivity index (χ3v) is 6.03. The molecule has 6 nitrogen and oxygen atoms in total. The van der Waals surface area contributed by atoms with Crippen LogP contribution in [0.15, 0.2) is 47.5 Å². The molecule has 1 unspecified atom stereocenters. The summed E-state index contributed by atoms with van der Waals surface area (Å²) in [5, 5.41) is 0.905. The molecule has 1 aliphatic rings. The van der Waals surface area contributed by atoms with Gasteiger partial charge in [0, 0.05) is 37.3 Å². The fraction of sp³-hybridized carbons (Fsp3) is 0.318. The van der Waals surface area contributed by atoms with Gasteiger partial charge in [0.05, 0.1) is 28.9 Å². The minimum Gasteiger partial charge on any atom is -0.381 e. The molecule has 0 spiro atoms. The molecule has 148 valence electrons. The highest BCUT2D eigenvalue weighted by atomic mass is 19.1. The van der Waals surface area contributed by atoms with E-state index in [9.17, 15) is 9.18 Å². The predicted molar refractivity (Wildman–Crippen MR) is 109 cm³/mol. The molecule has 1 aromatic carbocycles. The number of hydrogen-bond donors (Lipinski definition) is 0. The first-order chi connectivity index (χ1) is 14.1. The van der Waals surface area contributed by atoms with Gasteiger partial charge in [-0.05, 0) is 49.1 Å². The van der Waals surface area contributed by atoms with Gasteiger partial charge in [-0.3, -0.25) is 14.1 Å². The highest BCUT2D eigenvalue weighted by Gasteiger charge is 2.29. The fourth-order valence-electron chi connectivity index (χ4n) is 4.46. The molecule has 1 fully saturated rings. The van der Waals surface area contributed by atoms with Gasteiger partial charge >= 0.3 is 5.69 Å². The number of rotatable bonds is 3. The maximum Gasteiger partial charge on any atom is 0.329 e. The molecular formula is C22H21FN4O2.